The Bertz CT molecular complexity index is 404. The number of carboxylic acids is 1. The monoisotopic (exact) mass is 265 g/mol. The molecule has 2 bridgehead atoms. The molecule has 0 aromatic rings. The maximum atomic E-state index is 12.1. The minimum atomic E-state index is -0.869. The fraction of sp³-hybridized carbons (Fsp3) is 0.571. The SMILES string of the molecule is C=COCCCNC(=O)C1C2C=CC(C2)C1C(=O)O. The van der Waals surface area contributed by atoms with E-state index in [-0.39, 0.29) is 17.7 Å². The van der Waals surface area contributed by atoms with Gasteiger partial charge in [-0.15, -0.1) is 0 Å². The lowest BCUT2D eigenvalue weighted by atomic mass is 9.82. The fourth-order valence-corrected chi connectivity index (χ4v) is 3.08. The van der Waals surface area contributed by atoms with E-state index in [0.717, 1.165) is 6.42 Å². The second kappa shape index (κ2) is 5.91. The second-order valence-electron chi connectivity index (χ2n) is 5.02. The van der Waals surface area contributed by atoms with Crippen LogP contribution >= 0.6 is 0 Å². The average Bonchev–Trinajstić information content (AvgIpc) is 2.98. The highest BCUT2D eigenvalue weighted by molar-refractivity contribution is 5.86. The molecule has 1 amide bonds. The number of carbonyl (C=O) groups excluding carboxylic acids is 1. The third kappa shape index (κ3) is 2.80. The maximum Gasteiger partial charge on any atom is 0.307 e. The molecule has 5 heteroatoms. The van der Waals surface area contributed by atoms with Crippen LogP contribution in [0.15, 0.2) is 25.0 Å². The molecule has 2 rings (SSSR count). The van der Waals surface area contributed by atoms with E-state index in [1.54, 1.807) is 0 Å². The quantitative estimate of drug-likeness (QED) is 0.412. The highest BCUT2D eigenvalue weighted by Crippen LogP contribution is 2.48. The number of aliphatic carboxylic acids is 1. The molecule has 0 saturated heterocycles. The van der Waals surface area contributed by atoms with Gasteiger partial charge in [0.1, 0.15) is 0 Å². The Kier molecular flexibility index (Phi) is 4.24. The summed E-state index contributed by atoms with van der Waals surface area (Å²) >= 11 is 0. The molecular formula is C14H19NO4. The highest BCUT2D eigenvalue weighted by Gasteiger charge is 2.51. The van der Waals surface area contributed by atoms with E-state index in [4.69, 9.17) is 4.74 Å². The number of hydrogen-bond acceptors (Lipinski definition) is 3. The Morgan fingerprint density at radius 1 is 1.37 bits per heavy atom. The molecule has 0 heterocycles. The average molecular weight is 265 g/mol. The van der Waals surface area contributed by atoms with Gasteiger partial charge in [-0.2, -0.15) is 0 Å². The van der Waals surface area contributed by atoms with Crippen LogP contribution in [0.2, 0.25) is 0 Å². The van der Waals surface area contributed by atoms with Crippen LogP contribution in [-0.4, -0.2) is 30.1 Å². The molecule has 0 aromatic carbocycles. The lowest BCUT2D eigenvalue weighted by Crippen LogP contribution is -2.40. The maximum absolute atomic E-state index is 12.1. The predicted molar refractivity (Wildman–Crippen MR) is 69.1 cm³/mol. The van der Waals surface area contributed by atoms with Crippen LogP contribution in [0.25, 0.3) is 0 Å². The van der Waals surface area contributed by atoms with Crippen molar-refractivity contribution in [2.24, 2.45) is 23.7 Å². The van der Waals surface area contributed by atoms with Gasteiger partial charge in [-0.3, -0.25) is 9.59 Å². The Morgan fingerprint density at radius 2 is 2.05 bits per heavy atom. The molecular weight excluding hydrogens is 246 g/mol. The van der Waals surface area contributed by atoms with Gasteiger partial charge < -0.3 is 15.2 Å². The summed E-state index contributed by atoms with van der Waals surface area (Å²) in [6.07, 6.45) is 6.75. The Hall–Kier alpha value is -1.78. The minimum Gasteiger partial charge on any atom is -0.502 e. The molecule has 4 atom stereocenters. The van der Waals surface area contributed by atoms with Gasteiger partial charge >= 0.3 is 5.97 Å². The summed E-state index contributed by atoms with van der Waals surface area (Å²) in [5.74, 6) is -1.92. The molecule has 0 radical (unpaired) electrons. The smallest absolute Gasteiger partial charge is 0.307 e. The zero-order valence-corrected chi connectivity index (χ0v) is 10.7. The number of ether oxygens (including phenoxy) is 1. The van der Waals surface area contributed by atoms with Gasteiger partial charge in [0.25, 0.3) is 0 Å². The van der Waals surface area contributed by atoms with Crippen LogP contribution in [0.5, 0.6) is 0 Å². The number of hydrogen-bond donors (Lipinski definition) is 2. The zero-order chi connectivity index (χ0) is 13.8. The fourth-order valence-electron chi connectivity index (χ4n) is 3.08. The van der Waals surface area contributed by atoms with E-state index < -0.39 is 17.8 Å². The summed E-state index contributed by atoms with van der Waals surface area (Å²) in [5, 5.41) is 12.1. The van der Waals surface area contributed by atoms with Crippen molar-refractivity contribution in [2.45, 2.75) is 12.8 Å². The Balaban J connectivity index is 1.86. The molecule has 4 unspecified atom stereocenters. The third-order valence-electron chi connectivity index (χ3n) is 3.90. The van der Waals surface area contributed by atoms with E-state index in [2.05, 4.69) is 11.9 Å². The van der Waals surface area contributed by atoms with E-state index >= 15 is 0 Å². The number of amides is 1. The molecule has 2 N–H and O–H groups in total. The number of carbonyl (C=O) groups is 2. The highest BCUT2D eigenvalue weighted by atomic mass is 16.5. The zero-order valence-electron chi connectivity index (χ0n) is 10.7. The van der Waals surface area contributed by atoms with Crippen LogP contribution < -0.4 is 5.32 Å². The standard InChI is InChI=1S/C14H19NO4/c1-2-19-7-3-6-15-13(16)11-9-4-5-10(8-9)12(11)14(17)18/h2,4-5,9-12H,1,3,6-8H2,(H,15,16)(H,17,18). The van der Waals surface area contributed by atoms with Gasteiger partial charge in [-0.05, 0) is 24.7 Å². The first-order valence-electron chi connectivity index (χ1n) is 6.56. The number of fused-ring (bicyclic) bond motifs is 2. The van der Waals surface area contributed by atoms with Gasteiger partial charge in [-0.1, -0.05) is 18.7 Å². The van der Waals surface area contributed by atoms with Gasteiger partial charge in [-0.25, -0.2) is 0 Å². The predicted octanol–water partition coefficient (Wildman–Crippen LogP) is 1.18. The van der Waals surface area contributed by atoms with Crippen molar-refractivity contribution in [3.8, 4) is 0 Å². The van der Waals surface area contributed by atoms with Crippen molar-refractivity contribution in [2.75, 3.05) is 13.2 Å². The summed E-state index contributed by atoms with van der Waals surface area (Å²) in [5.41, 5.74) is 0. The molecule has 1 fully saturated rings. The first kappa shape index (κ1) is 13.6. The first-order valence-corrected chi connectivity index (χ1v) is 6.56. The van der Waals surface area contributed by atoms with Gasteiger partial charge in [0, 0.05) is 6.54 Å². The van der Waals surface area contributed by atoms with Crippen molar-refractivity contribution in [3.63, 3.8) is 0 Å². The van der Waals surface area contributed by atoms with Gasteiger partial charge in [0.15, 0.2) is 0 Å². The molecule has 2 aliphatic rings. The summed E-state index contributed by atoms with van der Waals surface area (Å²) in [6, 6.07) is 0. The largest absolute Gasteiger partial charge is 0.502 e. The van der Waals surface area contributed by atoms with E-state index in [0.29, 0.717) is 19.6 Å². The normalized spacial score (nSPS) is 31.2. The Morgan fingerprint density at radius 3 is 2.68 bits per heavy atom. The van der Waals surface area contributed by atoms with E-state index in [1.165, 1.54) is 6.26 Å². The third-order valence-corrected chi connectivity index (χ3v) is 3.90. The lowest BCUT2D eigenvalue weighted by Gasteiger charge is -2.23. The molecule has 0 aromatic heterocycles. The van der Waals surface area contributed by atoms with Crippen molar-refractivity contribution >= 4 is 11.9 Å². The summed E-state index contributed by atoms with van der Waals surface area (Å²) < 4.78 is 4.96. The van der Waals surface area contributed by atoms with Crippen LogP contribution in [0.3, 0.4) is 0 Å². The van der Waals surface area contributed by atoms with Crippen molar-refractivity contribution < 1.29 is 19.4 Å². The molecule has 104 valence electrons. The Labute approximate surface area is 112 Å². The summed E-state index contributed by atoms with van der Waals surface area (Å²) in [6.45, 7) is 4.43. The van der Waals surface area contributed by atoms with Crippen molar-refractivity contribution in [3.05, 3.63) is 25.0 Å². The second-order valence-corrected chi connectivity index (χ2v) is 5.02. The first-order chi connectivity index (χ1) is 9.15. The van der Waals surface area contributed by atoms with Crippen LogP contribution in [0.4, 0.5) is 0 Å². The molecule has 5 nitrogen and oxygen atoms in total. The van der Waals surface area contributed by atoms with Crippen LogP contribution in [-0.2, 0) is 14.3 Å². The summed E-state index contributed by atoms with van der Waals surface area (Å²) in [4.78, 5) is 23.4. The van der Waals surface area contributed by atoms with E-state index in [1.807, 2.05) is 12.2 Å². The van der Waals surface area contributed by atoms with Gasteiger partial charge in [0.2, 0.25) is 5.91 Å². The number of allylic oxidation sites excluding steroid dienone is 2. The number of rotatable bonds is 7. The van der Waals surface area contributed by atoms with Crippen molar-refractivity contribution in [1.82, 2.24) is 5.32 Å². The molecule has 0 spiro atoms. The van der Waals surface area contributed by atoms with Gasteiger partial charge in [0.05, 0.1) is 24.7 Å². The van der Waals surface area contributed by atoms with Crippen LogP contribution in [0.1, 0.15) is 12.8 Å². The summed E-state index contributed by atoms with van der Waals surface area (Å²) in [7, 11) is 0. The topological polar surface area (TPSA) is 75.6 Å². The number of nitrogens with one attached hydrogen (secondary N) is 1. The molecule has 0 aliphatic heterocycles. The lowest BCUT2D eigenvalue weighted by molar-refractivity contribution is -0.147. The molecule has 2 aliphatic carbocycles. The van der Waals surface area contributed by atoms with Crippen LogP contribution in [0, 0.1) is 23.7 Å². The molecule has 19 heavy (non-hydrogen) atoms. The minimum absolute atomic E-state index is 0.0161. The van der Waals surface area contributed by atoms with E-state index in [9.17, 15) is 14.7 Å². The van der Waals surface area contributed by atoms with Crippen molar-refractivity contribution in [1.29, 1.82) is 0 Å². The number of carboxylic acid groups (broad SMARTS) is 1. The molecule has 1 saturated carbocycles.